The molecule has 2 aromatic rings. The second-order valence-corrected chi connectivity index (χ2v) is 6.87. The van der Waals surface area contributed by atoms with Gasteiger partial charge in [0.1, 0.15) is 11.5 Å². The van der Waals surface area contributed by atoms with Gasteiger partial charge >= 0.3 is 7.60 Å². The smallest absolute Gasteiger partial charge is 0.416 e. The molecule has 0 aliphatic carbocycles. The van der Waals surface area contributed by atoms with Crippen molar-refractivity contribution in [2.24, 2.45) is 0 Å². The van der Waals surface area contributed by atoms with E-state index in [2.05, 4.69) is 0 Å². The third kappa shape index (κ3) is 4.45. The molecule has 0 saturated heterocycles. The molecule has 1 atom stereocenters. The average Bonchev–Trinajstić information content (AvgIpc) is 2.55. The molecule has 0 radical (unpaired) electrons. The number of nitrogens with zero attached hydrogens (tertiary/aromatic N) is 2. The van der Waals surface area contributed by atoms with Crippen LogP contribution in [0.25, 0.3) is 0 Å². The third-order valence-electron chi connectivity index (χ3n) is 2.95. The Kier molecular flexibility index (Phi) is 5.40. The predicted octanol–water partition coefficient (Wildman–Crippen LogP) is 3.85. The summed E-state index contributed by atoms with van der Waals surface area (Å²) in [5.74, 6) is 0.132. The van der Waals surface area contributed by atoms with Crippen molar-refractivity contribution in [1.29, 1.82) is 0 Å². The van der Waals surface area contributed by atoms with Crippen molar-refractivity contribution in [3.8, 4) is 11.5 Å². The molecule has 2 rings (SSSR count). The normalized spacial score (nSPS) is 13.0. The lowest BCUT2D eigenvalue weighted by Gasteiger charge is -2.19. The summed E-state index contributed by atoms with van der Waals surface area (Å²) in [7, 11) is -3.65. The Labute approximate surface area is 137 Å². The van der Waals surface area contributed by atoms with Crippen LogP contribution >= 0.6 is 7.60 Å². The van der Waals surface area contributed by atoms with Crippen LogP contribution in [0.15, 0.2) is 48.5 Å². The van der Waals surface area contributed by atoms with Gasteiger partial charge in [0.15, 0.2) is 0 Å². The highest BCUT2D eigenvalue weighted by molar-refractivity contribution is 7.54. The van der Waals surface area contributed by atoms with E-state index in [0.29, 0.717) is 0 Å². The minimum Gasteiger partial charge on any atom is -0.416 e. The second-order valence-electron chi connectivity index (χ2n) is 4.65. The molecule has 0 amide bonds. The average molecular weight is 354 g/mol. The van der Waals surface area contributed by atoms with E-state index in [1.165, 1.54) is 42.5 Å². The van der Waals surface area contributed by atoms with Crippen LogP contribution in [-0.2, 0) is 4.57 Å². The highest BCUT2D eigenvalue weighted by Crippen LogP contribution is 2.48. The van der Waals surface area contributed by atoms with Crippen LogP contribution in [0, 0.1) is 10.1 Å². The van der Waals surface area contributed by atoms with E-state index in [1.54, 1.807) is 6.92 Å². The van der Waals surface area contributed by atoms with Crippen molar-refractivity contribution < 1.29 is 29.0 Å². The van der Waals surface area contributed by atoms with Crippen molar-refractivity contribution >= 4 is 19.0 Å². The van der Waals surface area contributed by atoms with Gasteiger partial charge in [-0.3, -0.25) is 20.5 Å². The molecule has 9 nitrogen and oxygen atoms in total. The fraction of sp³-hybridized carbons (Fsp3) is 0.143. The number of nitro groups is 1. The zero-order valence-electron chi connectivity index (χ0n) is 12.6. The van der Waals surface area contributed by atoms with Gasteiger partial charge in [-0.15, -0.1) is 5.23 Å². The van der Waals surface area contributed by atoms with Gasteiger partial charge in [0.25, 0.3) is 5.69 Å². The monoisotopic (exact) mass is 354 g/mol. The summed E-state index contributed by atoms with van der Waals surface area (Å²) in [5.41, 5.74) is -0.196. The molecular formula is C14H15N2O7P. The molecule has 0 aromatic heterocycles. The van der Waals surface area contributed by atoms with Crippen LogP contribution in [0.1, 0.15) is 6.92 Å². The van der Waals surface area contributed by atoms with Gasteiger partial charge in [0.2, 0.25) is 0 Å². The summed E-state index contributed by atoms with van der Waals surface area (Å²) in [5, 5.41) is 28.7. The number of nitro benzene ring substituents is 1. The van der Waals surface area contributed by atoms with Crippen LogP contribution < -0.4 is 14.3 Å². The fourth-order valence-corrected chi connectivity index (χ4v) is 2.95. The molecule has 0 aliphatic rings. The van der Waals surface area contributed by atoms with Crippen molar-refractivity contribution in [1.82, 2.24) is 0 Å². The van der Waals surface area contributed by atoms with Crippen molar-refractivity contribution in [2.75, 3.05) is 11.4 Å². The molecule has 0 aliphatic heterocycles. The lowest BCUT2D eigenvalue weighted by atomic mass is 10.3. The van der Waals surface area contributed by atoms with Gasteiger partial charge in [-0.1, -0.05) is 19.1 Å². The first-order valence-corrected chi connectivity index (χ1v) is 8.56. The minimum absolute atomic E-state index is 0.00187. The van der Waals surface area contributed by atoms with Crippen LogP contribution in [0.4, 0.5) is 11.4 Å². The zero-order valence-corrected chi connectivity index (χ0v) is 13.5. The fourth-order valence-electron chi connectivity index (χ4n) is 1.79. The van der Waals surface area contributed by atoms with Gasteiger partial charge in [-0.25, -0.2) is 4.57 Å². The number of hydrogen-bond acceptors (Lipinski definition) is 8. The number of anilines is 1. The van der Waals surface area contributed by atoms with E-state index < -0.39 is 12.5 Å². The molecule has 128 valence electrons. The Morgan fingerprint density at radius 3 is 2.25 bits per heavy atom. The number of non-ortho nitro benzene ring substituents is 1. The zero-order chi connectivity index (χ0) is 17.7. The van der Waals surface area contributed by atoms with E-state index in [4.69, 9.17) is 19.5 Å². The molecule has 2 aromatic carbocycles. The molecule has 0 bridgehead atoms. The van der Waals surface area contributed by atoms with Gasteiger partial charge in [-0.05, 0) is 18.2 Å². The predicted molar refractivity (Wildman–Crippen MR) is 85.0 cm³/mol. The maximum absolute atomic E-state index is 12.7. The van der Waals surface area contributed by atoms with Gasteiger partial charge in [0, 0.05) is 12.1 Å². The van der Waals surface area contributed by atoms with Gasteiger partial charge < -0.3 is 9.05 Å². The van der Waals surface area contributed by atoms with Crippen LogP contribution in [0.3, 0.4) is 0 Å². The lowest BCUT2D eigenvalue weighted by Crippen LogP contribution is -2.11. The summed E-state index contributed by atoms with van der Waals surface area (Å²) < 4.78 is 23.4. The molecule has 2 N–H and O–H groups in total. The lowest BCUT2D eigenvalue weighted by molar-refractivity contribution is -0.384. The number of benzene rings is 2. The highest BCUT2D eigenvalue weighted by Gasteiger charge is 2.26. The topological polar surface area (TPSA) is 122 Å². The Balaban J connectivity index is 2.22. The van der Waals surface area contributed by atoms with Crippen molar-refractivity contribution in [2.45, 2.75) is 6.92 Å². The van der Waals surface area contributed by atoms with Crippen LogP contribution in [-0.4, -0.2) is 21.5 Å². The Morgan fingerprint density at radius 1 is 1.12 bits per heavy atom. The minimum atomic E-state index is -3.65. The summed E-state index contributed by atoms with van der Waals surface area (Å²) >= 11 is 0. The van der Waals surface area contributed by atoms with E-state index in [1.807, 2.05) is 0 Å². The van der Waals surface area contributed by atoms with E-state index in [9.17, 15) is 14.7 Å². The first-order chi connectivity index (χ1) is 11.3. The van der Waals surface area contributed by atoms with Crippen molar-refractivity contribution in [3.05, 3.63) is 58.6 Å². The van der Waals surface area contributed by atoms with Crippen molar-refractivity contribution in [3.63, 3.8) is 0 Å². The first kappa shape index (κ1) is 17.7. The first-order valence-electron chi connectivity index (χ1n) is 6.83. The van der Waals surface area contributed by atoms with Gasteiger partial charge in [-0.2, -0.15) is 0 Å². The molecule has 24 heavy (non-hydrogen) atoms. The molecule has 0 heterocycles. The molecule has 0 saturated carbocycles. The van der Waals surface area contributed by atoms with E-state index in [0.717, 1.165) is 6.07 Å². The number of hydrogen-bond donors (Lipinski definition) is 2. The highest BCUT2D eigenvalue weighted by atomic mass is 31.2. The maximum atomic E-state index is 12.7. The molecule has 0 fully saturated rings. The third-order valence-corrected chi connectivity index (χ3v) is 4.71. The largest absolute Gasteiger partial charge is 0.430 e. The van der Waals surface area contributed by atoms with Gasteiger partial charge in [0.05, 0.1) is 22.8 Å². The Hall–Kier alpha value is -2.61. The summed E-state index contributed by atoms with van der Waals surface area (Å²) in [6.07, 6.45) is 0.00187. The summed E-state index contributed by atoms with van der Waals surface area (Å²) in [6.45, 7) is 1.58. The second kappa shape index (κ2) is 7.31. The van der Waals surface area contributed by atoms with Crippen LogP contribution in [0.2, 0.25) is 0 Å². The standard InChI is InChI=1S/C14H15N2O7P/c1-2-24(21,22-13-7-3-5-11(9-13)15(17)18)23-14-8-4-6-12(10-14)16(19)20/h3-10,17-18H,2H2,1H3. The van der Waals surface area contributed by atoms with E-state index in [-0.39, 0.29) is 34.3 Å². The summed E-state index contributed by atoms with van der Waals surface area (Å²) in [6, 6.07) is 10.8. The summed E-state index contributed by atoms with van der Waals surface area (Å²) in [4.78, 5) is 10.2. The SMILES string of the molecule is CCP(=O)(Oc1cccc(N(O)O)c1)Oc1cccc([N+](=O)[O-])c1. The Bertz CT molecular complexity index is 781. The number of rotatable bonds is 7. The Morgan fingerprint density at radius 2 is 1.71 bits per heavy atom. The molecular weight excluding hydrogens is 339 g/mol. The molecule has 1 unspecified atom stereocenters. The molecule has 10 heteroatoms. The van der Waals surface area contributed by atoms with E-state index >= 15 is 0 Å². The quantitative estimate of drug-likeness (QED) is 0.437. The maximum Gasteiger partial charge on any atom is 0.430 e. The van der Waals surface area contributed by atoms with Crippen LogP contribution in [0.5, 0.6) is 11.5 Å². The molecule has 0 spiro atoms.